The molecule has 0 amide bonds. The number of hydrogen-bond donors (Lipinski definition) is 0. The van der Waals surface area contributed by atoms with Crippen molar-refractivity contribution in [2.45, 2.75) is 19.8 Å². The van der Waals surface area contributed by atoms with Gasteiger partial charge in [-0.05, 0) is 31.0 Å². The molecule has 0 radical (unpaired) electrons. The molecule has 1 aromatic rings. The molecule has 0 saturated carbocycles. The van der Waals surface area contributed by atoms with Crippen molar-refractivity contribution < 1.29 is 0 Å². The molecule has 0 heterocycles. The van der Waals surface area contributed by atoms with Gasteiger partial charge in [-0.1, -0.05) is 12.1 Å². The van der Waals surface area contributed by atoms with Gasteiger partial charge in [0.25, 0.3) is 0 Å². The Bertz CT molecular complexity index is 357. The van der Waals surface area contributed by atoms with Crippen molar-refractivity contribution in [3.8, 4) is 17.9 Å². The second-order valence-electron chi connectivity index (χ2n) is 2.74. The van der Waals surface area contributed by atoms with Crippen molar-refractivity contribution in [2.75, 3.05) is 0 Å². The van der Waals surface area contributed by atoms with Crippen LogP contribution in [0.1, 0.15) is 24.5 Å². The van der Waals surface area contributed by atoms with Gasteiger partial charge >= 0.3 is 0 Å². The minimum absolute atomic E-state index is 0.713. The second-order valence-corrected chi connectivity index (χ2v) is 2.74. The van der Waals surface area contributed by atoms with Gasteiger partial charge in [-0.2, -0.15) is 5.26 Å². The molecule has 0 aliphatic heterocycles. The largest absolute Gasteiger partial charge is 0.192 e. The van der Waals surface area contributed by atoms with E-state index in [1.54, 1.807) is 0 Å². The van der Waals surface area contributed by atoms with E-state index < -0.39 is 0 Å². The highest BCUT2D eigenvalue weighted by atomic mass is 14.2. The van der Waals surface area contributed by atoms with Gasteiger partial charge in [0.2, 0.25) is 0 Å². The highest BCUT2D eigenvalue weighted by Crippen LogP contribution is 2.05. The van der Waals surface area contributed by atoms with E-state index in [2.05, 4.69) is 17.9 Å². The molecule has 0 aromatic heterocycles. The van der Waals surface area contributed by atoms with E-state index in [0.717, 1.165) is 12.8 Å². The predicted molar refractivity (Wildman–Crippen MR) is 52.9 cm³/mol. The van der Waals surface area contributed by atoms with Crippen LogP contribution in [0.3, 0.4) is 0 Å². The maximum Gasteiger partial charge on any atom is 0.0991 e. The van der Waals surface area contributed by atoms with Crippen molar-refractivity contribution >= 4 is 0 Å². The summed E-state index contributed by atoms with van der Waals surface area (Å²) in [5.74, 6) is 5.87. The third-order valence-corrected chi connectivity index (χ3v) is 1.80. The van der Waals surface area contributed by atoms with Gasteiger partial charge in [-0.15, -0.1) is 11.8 Å². The quantitative estimate of drug-likeness (QED) is 0.624. The SMILES string of the molecule is CC#CCCc1ccc(C#N)cc1. The zero-order chi connectivity index (χ0) is 9.52. The molecule has 13 heavy (non-hydrogen) atoms. The summed E-state index contributed by atoms with van der Waals surface area (Å²) in [5, 5.41) is 8.57. The summed E-state index contributed by atoms with van der Waals surface area (Å²) in [5.41, 5.74) is 1.95. The summed E-state index contributed by atoms with van der Waals surface area (Å²) < 4.78 is 0. The van der Waals surface area contributed by atoms with Crippen molar-refractivity contribution in [1.82, 2.24) is 0 Å². The van der Waals surface area contributed by atoms with Crippen LogP contribution in [0.15, 0.2) is 24.3 Å². The number of nitriles is 1. The first-order valence-electron chi connectivity index (χ1n) is 4.25. The molecule has 0 spiro atoms. The van der Waals surface area contributed by atoms with Gasteiger partial charge in [-0.3, -0.25) is 0 Å². The molecule has 0 unspecified atom stereocenters. The van der Waals surface area contributed by atoms with Gasteiger partial charge in [0.15, 0.2) is 0 Å². The molecule has 1 nitrogen and oxygen atoms in total. The molecule has 0 bridgehead atoms. The summed E-state index contributed by atoms with van der Waals surface area (Å²) >= 11 is 0. The van der Waals surface area contributed by atoms with Crippen LogP contribution in [-0.2, 0) is 6.42 Å². The first-order chi connectivity index (χ1) is 6.36. The normalized spacial score (nSPS) is 8.31. The monoisotopic (exact) mass is 169 g/mol. The first-order valence-corrected chi connectivity index (χ1v) is 4.25. The Morgan fingerprint density at radius 2 is 1.92 bits per heavy atom. The lowest BCUT2D eigenvalue weighted by atomic mass is 10.1. The molecule has 0 N–H and O–H groups in total. The summed E-state index contributed by atoms with van der Waals surface area (Å²) in [6, 6.07) is 9.74. The predicted octanol–water partition coefficient (Wildman–Crippen LogP) is 2.51. The van der Waals surface area contributed by atoms with Gasteiger partial charge in [-0.25, -0.2) is 0 Å². The van der Waals surface area contributed by atoms with Gasteiger partial charge in [0, 0.05) is 6.42 Å². The van der Waals surface area contributed by atoms with E-state index in [1.807, 2.05) is 31.2 Å². The molecular formula is C12H11N. The highest BCUT2D eigenvalue weighted by molar-refractivity contribution is 5.31. The Kier molecular flexibility index (Phi) is 3.61. The van der Waals surface area contributed by atoms with E-state index in [0.29, 0.717) is 5.56 Å². The molecule has 0 atom stereocenters. The molecule has 1 aromatic carbocycles. The van der Waals surface area contributed by atoms with Crippen molar-refractivity contribution in [3.05, 3.63) is 35.4 Å². The minimum atomic E-state index is 0.713. The van der Waals surface area contributed by atoms with Crippen LogP contribution in [0.25, 0.3) is 0 Å². The fraction of sp³-hybridized carbons (Fsp3) is 0.250. The van der Waals surface area contributed by atoms with Crippen molar-refractivity contribution in [2.24, 2.45) is 0 Å². The summed E-state index contributed by atoms with van der Waals surface area (Å²) in [4.78, 5) is 0. The molecule has 0 fully saturated rings. The molecule has 0 saturated heterocycles. The second kappa shape index (κ2) is 5.01. The topological polar surface area (TPSA) is 23.8 Å². The van der Waals surface area contributed by atoms with E-state index in [-0.39, 0.29) is 0 Å². The van der Waals surface area contributed by atoms with Crippen LogP contribution in [0.2, 0.25) is 0 Å². The number of aryl methyl sites for hydroxylation is 1. The standard InChI is InChI=1S/C12H11N/c1-2-3-4-5-11-6-8-12(10-13)9-7-11/h6-9H,4-5H2,1H3. The smallest absolute Gasteiger partial charge is 0.0991 e. The molecule has 1 heteroatoms. The van der Waals surface area contributed by atoms with Crippen LogP contribution in [0.5, 0.6) is 0 Å². The molecule has 1 rings (SSSR count). The fourth-order valence-corrected chi connectivity index (χ4v) is 1.08. The van der Waals surface area contributed by atoms with Gasteiger partial charge in [0.05, 0.1) is 11.6 Å². The molecular weight excluding hydrogens is 158 g/mol. The number of rotatable bonds is 2. The Morgan fingerprint density at radius 3 is 2.46 bits per heavy atom. The maximum atomic E-state index is 8.57. The zero-order valence-corrected chi connectivity index (χ0v) is 7.67. The van der Waals surface area contributed by atoms with E-state index in [4.69, 9.17) is 5.26 Å². The fourth-order valence-electron chi connectivity index (χ4n) is 1.08. The first kappa shape index (κ1) is 9.36. The van der Waals surface area contributed by atoms with Crippen LogP contribution >= 0.6 is 0 Å². The molecule has 0 aliphatic rings. The Hall–Kier alpha value is -1.73. The highest BCUT2D eigenvalue weighted by Gasteiger charge is 1.91. The Morgan fingerprint density at radius 1 is 1.23 bits per heavy atom. The van der Waals surface area contributed by atoms with Crippen LogP contribution in [0, 0.1) is 23.2 Å². The lowest BCUT2D eigenvalue weighted by Gasteiger charge is -1.96. The third-order valence-electron chi connectivity index (χ3n) is 1.80. The summed E-state index contributed by atoms with van der Waals surface area (Å²) in [6.07, 6.45) is 1.86. The zero-order valence-electron chi connectivity index (χ0n) is 7.67. The molecule has 64 valence electrons. The van der Waals surface area contributed by atoms with E-state index >= 15 is 0 Å². The number of hydrogen-bond acceptors (Lipinski definition) is 1. The van der Waals surface area contributed by atoms with Gasteiger partial charge < -0.3 is 0 Å². The summed E-state index contributed by atoms with van der Waals surface area (Å²) in [7, 11) is 0. The van der Waals surface area contributed by atoms with E-state index in [1.165, 1.54) is 5.56 Å². The average Bonchev–Trinajstić information content (AvgIpc) is 2.19. The third kappa shape index (κ3) is 3.01. The summed E-state index contributed by atoms with van der Waals surface area (Å²) in [6.45, 7) is 1.85. The van der Waals surface area contributed by atoms with Gasteiger partial charge in [0.1, 0.15) is 0 Å². The number of nitrogens with zero attached hydrogens (tertiary/aromatic N) is 1. The van der Waals surface area contributed by atoms with Crippen molar-refractivity contribution in [1.29, 1.82) is 5.26 Å². The molecule has 0 aliphatic carbocycles. The van der Waals surface area contributed by atoms with Crippen LogP contribution in [-0.4, -0.2) is 0 Å². The van der Waals surface area contributed by atoms with Crippen LogP contribution < -0.4 is 0 Å². The van der Waals surface area contributed by atoms with Crippen molar-refractivity contribution in [3.63, 3.8) is 0 Å². The average molecular weight is 169 g/mol. The Balaban J connectivity index is 2.58. The van der Waals surface area contributed by atoms with Crippen LogP contribution in [0.4, 0.5) is 0 Å². The minimum Gasteiger partial charge on any atom is -0.192 e. The lowest BCUT2D eigenvalue weighted by molar-refractivity contribution is 1.03. The van der Waals surface area contributed by atoms with E-state index in [9.17, 15) is 0 Å². The maximum absolute atomic E-state index is 8.57. The number of benzene rings is 1. The Labute approximate surface area is 79.0 Å². The lowest BCUT2D eigenvalue weighted by Crippen LogP contribution is -1.83.